The normalized spacial score (nSPS) is 11.7. The summed E-state index contributed by atoms with van der Waals surface area (Å²) >= 11 is 18.4. The number of terminal acetylenes is 1. The van der Waals surface area contributed by atoms with E-state index in [9.17, 15) is 8.42 Å². The van der Waals surface area contributed by atoms with Gasteiger partial charge in [0.15, 0.2) is 0 Å². The summed E-state index contributed by atoms with van der Waals surface area (Å²) in [5, 5.41) is 2.43. The number of unbranched alkanes of at least 4 members (excludes halogenated alkanes) is 1. The molecule has 0 saturated heterocycles. The minimum atomic E-state index is -3.63. The Balaban J connectivity index is 1.83. The van der Waals surface area contributed by atoms with E-state index in [1.807, 2.05) is 6.07 Å². The number of aromatic nitrogens is 1. The number of aryl methyl sites for hydroxylation is 1. The van der Waals surface area contributed by atoms with E-state index in [0.717, 1.165) is 35.0 Å². The minimum Gasteiger partial charge on any atom is -0.357 e. The minimum absolute atomic E-state index is 0.168. The monoisotopic (exact) mass is 468 g/mol. The van der Waals surface area contributed by atoms with Crippen LogP contribution < -0.4 is 4.72 Å². The Bertz CT molecular complexity index is 1160. The highest BCUT2D eigenvalue weighted by molar-refractivity contribution is 7.89. The summed E-state index contributed by atoms with van der Waals surface area (Å²) < 4.78 is 27.7. The molecule has 8 heteroatoms. The van der Waals surface area contributed by atoms with Crippen LogP contribution in [-0.4, -0.2) is 19.9 Å². The van der Waals surface area contributed by atoms with Crippen LogP contribution in [0.15, 0.2) is 41.3 Å². The van der Waals surface area contributed by atoms with Crippen LogP contribution in [0.5, 0.6) is 0 Å². The first kappa shape index (κ1) is 22.0. The molecular formula is C21H19Cl3N2O2S. The molecule has 0 aliphatic rings. The van der Waals surface area contributed by atoms with Gasteiger partial charge in [-0.2, -0.15) is 0 Å². The van der Waals surface area contributed by atoms with Crippen molar-refractivity contribution in [2.45, 2.75) is 30.6 Å². The molecule has 1 aromatic heterocycles. The summed E-state index contributed by atoms with van der Waals surface area (Å²) in [5.41, 5.74) is 2.77. The topological polar surface area (TPSA) is 62.0 Å². The van der Waals surface area contributed by atoms with Crippen molar-refractivity contribution in [3.8, 4) is 12.3 Å². The molecule has 0 unspecified atom stereocenters. The highest BCUT2D eigenvalue weighted by Crippen LogP contribution is 2.32. The summed E-state index contributed by atoms with van der Waals surface area (Å²) in [6.45, 7) is 0.226. The van der Waals surface area contributed by atoms with E-state index in [2.05, 4.69) is 15.6 Å². The van der Waals surface area contributed by atoms with Crippen LogP contribution in [0, 0.1) is 12.3 Å². The first-order valence-corrected chi connectivity index (χ1v) is 11.6. The number of hydrogen-bond acceptors (Lipinski definition) is 2. The first-order valence-electron chi connectivity index (χ1n) is 8.99. The van der Waals surface area contributed by atoms with Gasteiger partial charge in [-0.3, -0.25) is 0 Å². The van der Waals surface area contributed by atoms with Crippen molar-refractivity contribution in [1.29, 1.82) is 0 Å². The van der Waals surface area contributed by atoms with Gasteiger partial charge in [-0.15, -0.1) is 12.3 Å². The van der Waals surface area contributed by atoms with Crippen LogP contribution in [0.1, 0.15) is 24.1 Å². The summed E-state index contributed by atoms with van der Waals surface area (Å²) in [5.74, 6) is 2.63. The second-order valence-electron chi connectivity index (χ2n) is 6.55. The van der Waals surface area contributed by atoms with Crippen LogP contribution in [0.25, 0.3) is 10.9 Å². The van der Waals surface area contributed by atoms with Gasteiger partial charge < -0.3 is 4.98 Å². The SMILES string of the molecule is C#CCCCc1[nH]c2c(Cl)cc(Cl)cc2c1CCNS(=O)(=O)c1ccc(Cl)cc1. The van der Waals surface area contributed by atoms with Crippen LogP contribution >= 0.6 is 34.8 Å². The second-order valence-corrected chi connectivity index (χ2v) is 9.60. The fourth-order valence-electron chi connectivity index (χ4n) is 3.20. The molecule has 0 aliphatic heterocycles. The Morgan fingerprint density at radius 2 is 1.76 bits per heavy atom. The fourth-order valence-corrected chi connectivity index (χ4v) is 4.90. The molecular weight excluding hydrogens is 451 g/mol. The fraction of sp³-hybridized carbons (Fsp3) is 0.238. The van der Waals surface area contributed by atoms with E-state index >= 15 is 0 Å². The van der Waals surface area contributed by atoms with Gasteiger partial charge in [0.25, 0.3) is 0 Å². The van der Waals surface area contributed by atoms with Crippen LogP contribution in [-0.2, 0) is 22.9 Å². The van der Waals surface area contributed by atoms with Crippen molar-refractivity contribution in [3.63, 3.8) is 0 Å². The number of sulfonamides is 1. The van der Waals surface area contributed by atoms with Gasteiger partial charge >= 0.3 is 0 Å². The maximum atomic E-state index is 12.5. The zero-order valence-electron chi connectivity index (χ0n) is 15.4. The van der Waals surface area contributed by atoms with Crippen LogP contribution in [0.3, 0.4) is 0 Å². The van der Waals surface area contributed by atoms with Crippen molar-refractivity contribution in [2.75, 3.05) is 6.54 Å². The summed E-state index contributed by atoms with van der Waals surface area (Å²) in [6.07, 6.45) is 8.06. The van der Waals surface area contributed by atoms with E-state index in [1.165, 1.54) is 12.1 Å². The van der Waals surface area contributed by atoms with Crippen LogP contribution in [0.2, 0.25) is 15.1 Å². The molecule has 0 saturated carbocycles. The van der Waals surface area contributed by atoms with Crippen molar-refractivity contribution in [1.82, 2.24) is 9.71 Å². The van der Waals surface area contributed by atoms with E-state index in [1.54, 1.807) is 18.2 Å². The molecule has 0 spiro atoms. The number of aromatic amines is 1. The standard InChI is InChI=1S/C21H19Cl3N2O2S/c1-2-3-4-5-20-17(18-12-15(23)13-19(24)21(18)26-20)10-11-25-29(27,28)16-8-6-14(22)7-9-16/h1,6-9,12-13,25-26H,3-5,10-11H2. The lowest BCUT2D eigenvalue weighted by atomic mass is 10.0. The molecule has 29 heavy (non-hydrogen) atoms. The van der Waals surface area contributed by atoms with Gasteiger partial charge in [0.05, 0.1) is 15.4 Å². The third kappa shape index (κ3) is 5.28. The molecule has 3 rings (SSSR count). The number of nitrogens with one attached hydrogen (secondary N) is 2. The maximum Gasteiger partial charge on any atom is 0.240 e. The van der Waals surface area contributed by atoms with E-state index in [-0.39, 0.29) is 11.4 Å². The smallest absolute Gasteiger partial charge is 0.240 e. The lowest BCUT2D eigenvalue weighted by Gasteiger charge is -2.08. The Kier molecular flexibility index (Phi) is 7.15. The lowest BCUT2D eigenvalue weighted by molar-refractivity contribution is 0.581. The van der Waals surface area contributed by atoms with Crippen LogP contribution in [0.4, 0.5) is 0 Å². The van der Waals surface area contributed by atoms with Crippen molar-refractivity contribution in [3.05, 3.63) is 62.7 Å². The third-order valence-corrected chi connectivity index (χ3v) is 6.80. The zero-order valence-corrected chi connectivity index (χ0v) is 18.5. The highest BCUT2D eigenvalue weighted by Gasteiger charge is 2.17. The molecule has 0 radical (unpaired) electrons. The largest absolute Gasteiger partial charge is 0.357 e. The quantitative estimate of drug-likeness (QED) is 0.333. The Morgan fingerprint density at radius 3 is 2.45 bits per heavy atom. The molecule has 0 aliphatic carbocycles. The molecule has 2 N–H and O–H groups in total. The summed E-state index contributed by atoms with van der Waals surface area (Å²) in [4.78, 5) is 3.52. The van der Waals surface area contributed by atoms with Crippen molar-refractivity contribution < 1.29 is 8.42 Å². The van der Waals surface area contributed by atoms with E-state index in [4.69, 9.17) is 41.2 Å². The predicted octanol–water partition coefficient (Wildman–Crippen LogP) is 5.61. The third-order valence-electron chi connectivity index (χ3n) is 4.56. The predicted molar refractivity (Wildman–Crippen MR) is 120 cm³/mol. The molecule has 0 amide bonds. The average Bonchev–Trinajstić information content (AvgIpc) is 3.00. The number of halogens is 3. The van der Waals surface area contributed by atoms with Gasteiger partial charge in [0.1, 0.15) is 0 Å². The Morgan fingerprint density at radius 1 is 1.03 bits per heavy atom. The number of rotatable bonds is 8. The van der Waals surface area contributed by atoms with Gasteiger partial charge in [-0.05, 0) is 61.2 Å². The average molecular weight is 470 g/mol. The second kappa shape index (κ2) is 9.42. The van der Waals surface area contributed by atoms with E-state index < -0.39 is 10.0 Å². The van der Waals surface area contributed by atoms with Gasteiger partial charge in [-0.25, -0.2) is 13.1 Å². The first-order chi connectivity index (χ1) is 13.8. The van der Waals surface area contributed by atoms with E-state index in [0.29, 0.717) is 27.9 Å². The molecule has 1 heterocycles. The summed E-state index contributed by atoms with van der Waals surface area (Å²) in [7, 11) is -3.63. The Labute approximate surface area is 185 Å². The molecule has 2 aromatic carbocycles. The molecule has 3 aromatic rings. The van der Waals surface area contributed by atoms with Gasteiger partial charge in [0, 0.05) is 34.1 Å². The molecule has 0 fully saturated rings. The Hall–Kier alpha value is -1.68. The number of fused-ring (bicyclic) bond motifs is 1. The highest BCUT2D eigenvalue weighted by atomic mass is 35.5. The molecule has 0 atom stereocenters. The number of H-pyrrole nitrogens is 1. The van der Waals surface area contributed by atoms with Crippen molar-refractivity contribution in [2.24, 2.45) is 0 Å². The maximum absolute atomic E-state index is 12.5. The lowest BCUT2D eigenvalue weighted by Crippen LogP contribution is -2.26. The number of benzene rings is 2. The summed E-state index contributed by atoms with van der Waals surface area (Å²) in [6, 6.07) is 9.56. The molecule has 152 valence electrons. The van der Waals surface area contributed by atoms with Crippen molar-refractivity contribution >= 4 is 55.7 Å². The zero-order chi connectivity index (χ0) is 21.0. The molecule has 4 nitrogen and oxygen atoms in total. The number of hydrogen-bond donors (Lipinski definition) is 2. The molecule has 0 bridgehead atoms. The van der Waals surface area contributed by atoms with Gasteiger partial charge in [-0.1, -0.05) is 34.8 Å². The van der Waals surface area contributed by atoms with Gasteiger partial charge in [0.2, 0.25) is 10.0 Å².